The zero-order valence-electron chi connectivity index (χ0n) is 11.7. The number of thioether (sulfide) groups is 1. The van der Waals surface area contributed by atoms with E-state index in [-0.39, 0.29) is 17.2 Å². The van der Waals surface area contributed by atoms with Gasteiger partial charge < -0.3 is 10.0 Å². The largest absolute Gasteiger partial charge is 0.393 e. The number of benzene rings is 1. The topological polar surface area (TPSA) is 83.7 Å². The van der Waals surface area contributed by atoms with Crippen molar-refractivity contribution in [2.45, 2.75) is 24.3 Å². The molecule has 1 atom stereocenters. The van der Waals surface area contributed by atoms with Gasteiger partial charge in [0.05, 0.1) is 15.9 Å². The molecule has 1 unspecified atom stereocenters. The summed E-state index contributed by atoms with van der Waals surface area (Å²) in [5.74, 6) is -0.290. The smallest absolute Gasteiger partial charge is 0.283 e. The number of hydrogen-bond acceptors (Lipinski definition) is 5. The van der Waals surface area contributed by atoms with Crippen molar-refractivity contribution in [3.8, 4) is 0 Å². The number of aliphatic hydroxyl groups is 1. The van der Waals surface area contributed by atoms with Gasteiger partial charge in [-0.25, -0.2) is 0 Å². The van der Waals surface area contributed by atoms with Crippen LogP contribution in [0.25, 0.3) is 0 Å². The highest BCUT2D eigenvalue weighted by Crippen LogP contribution is 2.28. The van der Waals surface area contributed by atoms with Crippen molar-refractivity contribution in [3.05, 3.63) is 33.9 Å². The van der Waals surface area contributed by atoms with Crippen LogP contribution in [0.15, 0.2) is 23.1 Å². The van der Waals surface area contributed by atoms with Crippen molar-refractivity contribution >= 4 is 23.4 Å². The third-order valence-corrected chi connectivity index (χ3v) is 3.64. The van der Waals surface area contributed by atoms with Crippen LogP contribution < -0.4 is 0 Å². The van der Waals surface area contributed by atoms with Crippen molar-refractivity contribution in [1.82, 2.24) is 4.90 Å². The second-order valence-electron chi connectivity index (χ2n) is 4.51. The Balaban J connectivity index is 2.93. The molecule has 7 heteroatoms. The molecule has 0 radical (unpaired) electrons. The van der Waals surface area contributed by atoms with Crippen LogP contribution in [-0.2, 0) is 0 Å². The monoisotopic (exact) mass is 298 g/mol. The minimum Gasteiger partial charge on any atom is -0.393 e. The van der Waals surface area contributed by atoms with E-state index < -0.39 is 11.0 Å². The lowest BCUT2D eigenvalue weighted by molar-refractivity contribution is -0.387. The van der Waals surface area contributed by atoms with Crippen LogP contribution in [0, 0.1) is 10.1 Å². The van der Waals surface area contributed by atoms with Gasteiger partial charge in [0.2, 0.25) is 0 Å². The summed E-state index contributed by atoms with van der Waals surface area (Å²) in [5, 5.41) is 20.2. The molecule has 0 aromatic heterocycles. The molecule has 1 aromatic rings. The number of hydrogen-bond donors (Lipinski definition) is 1. The standard InChI is InChI=1S/C13H18N2O4S/c1-9(16)6-7-14(2)13(17)10-4-5-12(20-3)11(8-10)15(18)19/h4-5,8-9,16H,6-7H2,1-3H3. The number of carbonyl (C=O) groups excluding carboxylic acids is 1. The first-order valence-corrected chi connectivity index (χ1v) is 7.35. The number of nitro groups is 1. The number of nitro benzene ring substituents is 1. The highest BCUT2D eigenvalue weighted by Gasteiger charge is 2.19. The second kappa shape index (κ2) is 7.25. The van der Waals surface area contributed by atoms with Crippen LogP contribution in [0.1, 0.15) is 23.7 Å². The van der Waals surface area contributed by atoms with Crippen molar-refractivity contribution in [2.24, 2.45) is 0 Å². The second-order valence-corrected chi connectivity index (χ2v) is 5.36. The van der Waals surface area contributed by atoms with E-state index in [1.807, 2.05) is 0 Å². The normalized spacial score (nSPS) is 12.0. The number of aliphatic hydroxyl groups excluding tert-OH is 1. The molecule has 0 aliphatic rings. The van der Waals surface area contributed by atoms with Crippen LogP contribution in [-0.4, -0.2) is 46.8 Å². The van der Waals surface area contributed by atoms with Gasteiger partial charge in [0.1, 0.15) is 0 Å². The predicted octanol–water partition coefficient (Wildman–Crippen LogP) is 2.16. The quantitative estimate of drug-likeness (QED) is 0.494. The molecule has 0 saturated carbocycles. The summed E-state index contributed by atoms with van der Waals surface area (Å²) in [4.78, 5) is 24.6. The molecule has 1 aromatic carbocycles. The molecule has 0 heterocycles. The Kier molecular flexibility index (Phi) is 5.97. The Bertz CT molecular complexity index is 505. The zero-order valence-corrected chi connectivity index (χ0v) is 12.5. The van der Waals surface area contributed by atoms with Gasteiger partial charge in [-0.3, -0.25) is 14.9 Å². The van der Waals surface area contributed by atoms with Crippen LogP contribution in [0.4, 0.5) is 5.69 Å². The average molecular weight is 298 g/mol. The highest BCUT2D eigenvalue weighted by molar-refractivity contribution is 7.98. The van der Waals surface area contributed by atoms with Crippen LogP contribution in [0.5, 0.6) is 0 Å². The van der Waals surface area contributed by atoms with Gasteiger partial charge in [-0.05, 0) is 31.7 Å². The molecule has 110 valence electrons. The summed E-state index contributed by atoms with van der Waals surface area (Å²) in [6, 6.07) is 4.46. The molecule has 0 aliphatic heterocycles. The number of amides is 1. The van der Waals surface area contributed by atoms with Crippen molar-refractivity contribution in [2.75, 3.05) is 19.8 Å². The van der Waals surface area contributed by atoms with Crippen molar-refractivity contribution < 1.29 is 14.8 Å². The van der Waals surface area contributed by atoms with Gasteiger partial charge in [0.25, 0.3) is 11.6 Å². The number of nitrogens with zero attached hydrogens (tertiary/aromatic N) is 2. The fourth-order valence-corrected chi connectivity index (χ4v) is 2.21. The van der Waals surface area contributed by atoms with Gasteiger partial charge >= 0.3 is 0 Å². The number of rotatable bonds is 6. The highest BCUT2D eigenvalue weighted by atomic mass is 32.2. The lowest BCUT2D eigenvalue weighted by Gasteiger charge is -2.18. The minimum absolute atomic E-state index is 0.0627. The van der Waals surface area contributed by atoms with E-state index in [1.54, 1.807) is 32.4 Å². The third kappa shape index (κ3) is 4.21. The molecule has 0 aliphatic carbocycles. The molecule has 0 spiro atoms. The van der Waals surface area contributed by atoms with Crippen LogP contribution >= 0.6 is 11.8 Å². The summed E-state index contributed by atoms with van der Waals surface area (Å²) in [5.41, 5.74) is 0.217. The Hall–Kier alpha value is -1.60. The van der Waals surface area contributed by atoms with E-state index in [4.69, 9.17) is 0 Å². The van der Waals surface area contributed by atoms with Crippen molar-refractivity contribution in [3.63, 3.8) is 0 Å². The average Bonchev–Trinajstić information content (AvgIpc) is 2.42. The lowest BCUT2D eigenvalue weighted by atomic mass is 10.1. The van der Waals surface area contributed by atoms with E-state index >= 15 is 0 Å². The molecule has 0 fully saturated rings. The van der Waals surface area contributed by atoms with E-state index in [9.17, 15) is 20.0 Å². The minimum atomic E-state index is -0.488. The molecule has 20 heavy (non-hydrogen) atoms. The first-order valence-electron chi connectivity index (χ1n) is 6.12. The SMILES string of the molecule is CSc1ccc(C(=O)N(C)CCC(C)O)cc1[N+](=O)[O-]. The van der Waals surface area contributed by atoms with E-state index in [0.717, 1.165) is 0 Å². The molecular weight excluding hydrogens is 280 g/mol. The fraction of sp³-hybridized carbons (Fsp3) is 0.462. The Morgan fingerprint density at radius 2 is 2.20 bits per heavy atom. The van der Waals surface area contributed by atoms with E-state index in [2.05, 4.69) is 0 Å². The molecule has 0 bridgehead atoms. The zero-order chi connectivity index (χ0) is 15.3. The molecule has 6 nitrogen and oxygen atoms in total. The van der Waals surface area contributed by atoms with E-state index in [0.29, 0.717) is 17.9 Å². The summed E-state index contributed by atoms with van der Waals surface area (Å²) < 4.78 is 0. The summed E-state index contributed by atoms with van der Waals surface area (Å²) >= 11 is 1.27. The lowest BCUT2D eigenvalue weighted by Crippen LogP contribution is -2.29. The van der Waals surface area contributed by atoms with Gasteiger partial charge in [0, 0.05) is 25.2 Å². The Morgan fingerprint density at radius 1 is 1.55 bits per heavy atom. The van der Waals surface area contributed by atoms with E-state index in [1.165, 1.54) is 22.7 Å². The third-order valence-electron chi connectivity index (χ3n) is 2.85. The van der Waals surface area contributed by atoms with Crippen LogP contribution in [0.3, 0.4) is 0 Å². The molecule has 1 rings (SSSR count). The van der Waals surface area contributed by atoms with Gasteiger partial charge in [-0.2, -0.15) is 0 Å². The predicted molar refractivity (Wildman–Crippen MR) is 78.1 cm³/mol. The maximum Gasteiger partial charge on any atom is 0.283 e. The summed E-state index contributed by atoms with van der Waals surface area (Å²) in [6.07, 6.45) is 1.73. The first-order chi connectivity index (χ1) is 9.36. The molecule has 0 saturated heterocycles. The summed E-state index contributed by atoms with van der Waals surface area (Å²) in [7, 11) is 1.61. The van der Waals surface area contributed by atoms with Gasteiger partial charge in [-0.1, -0.05) is 0 Å². The molecule has 1 N–H and O–H groups in total. The maximum absolute atomic E-state index is 12.1. The fourth-order valence-electron chi connectivity index (χ4n) is 1.67. The first kappa shape index (κ1) is 16.5. The Morgan fingerprint density at radius 3 is 2.70 bits per heavy atom. The van der Waals surface area contributed by atoms with Crippen LogP contribution in [0.2, 0.25) is 0 Å². The molecular formula is C13H18N2O4S. The summed E-state index contributed by atoms with van der Waals surface area (Å²) in [6.45, 7) is 2.05. The van der Waals surface area contributed by atoms with Gasteiger partial charge in [0.15, 0.2) is 0 Å². The maximum atomic E-state index is 12.1. The number of carbonyl (C=O) groups is 1. The molecule has 1 amide bonds. The van der Waals surface area contributed by atoms with Gasteiger partial charge in [-0.15, -0.1) is 11.8 Å². The Labute approximate surface area is 121 Å². The van der Waals surface area contributed by atoms with Crippen molar-refractivity contribution in [1.29, 1.82) is 0 Å².